The van der Waals surface area contributed by atoms with Crippen molar-refractivity contribution < 1.29 is 9.53 Å². The predicted octanol–water partition coefficient (Wildman–Crippen LogP) is 7.14. The Hall–Kier alpha value is -0.970. The van der Waals surface area contributed by atoms with E-state index in [1.54, 1.807) is 0 Å². The summed E-state index contributed by atoms with van der Waals surface area (Å²) in [6.45, 7) is 2.67. The van der Waals surface area contributed by atoms with Crippen molar-refractivity contribution in [2.24, 2.45) is 5.84 Å². The Morgan fingerprint density at radius 2 is 1.33 bits per heavy atom. The lowest BCUT2D eigenvalue weighted by Crippen LogP contribution is -2.10. The van der Waals surface area contributed by atoms with Crippen LogP contribution >= 0.6 is 23.2 Å². The quantitative estimate of drug-likeness (QED) is 0.138. The molecule has 0 atom stereocenters. The van der Waals surface area contributed by atoms with E-state index < -0.39 is 5.97 Å². The zero-order valence-electron chi connectivity index (χ0n) is 16.5. The summed E-state index contributed by atoms with van der Waals surface area (Å²) < 4.78 is 5.30. The third-order valence-electron chi connectivity index (χ3n) is 4.65. The molecule has 6 heteroatoms. The molecule has 0 aromatic heterocycles. The van der Waals surface area contributed by atoms with E-state index in [4.69, 9.17) is 33.8 Å². The van der Waals surface area contributed by atoms with Crippen LogP contribution in [0.25, 0.3) is 0 Å². The SMILES string of the molecule is CCCCCCCCCCCCCCOC(=O)c1cc(Cl)c(NN)c(Cl)c1. The molecular formula is C21H34Cl2N2O2. The molecule has 0 heterocycles. The normalized spacial score (nSPS) is 10.8. The minimum absolute atomic E-state index is 0.294. The lowest BCUT2D eigenvalue weighted by molar-refractivity contribution is 0.0497. The number of nitrogens with one attached hydrogen (secondary N) is 1. The van der Waals surface area contributed by atoms with Gasteiger partial charge in [0.2, 0.25) is 0 Å². The van der Waals surface area contributed by atoms with Gasteiger partial charge in [-0.1, -0.05) is 101 Å². The summed E-state index contributed by atoms with van der Waals surface area (Å²) in [5.74, 6) is 4.92. The van der Waals surface area contributed by atoms with Gasteiger partial charge in [-0.3, -0.25) is 5.84 Å². The number of nitrogens with two attached hydrogens (primary N) is 1. The van der Waals surface area contributed by atoms with E-state index >= 15 is 0 Å². The fourth-order valence-corrected chi connectivity index (χ4v) is 3.62. The molecule has 4 nitrogen and oxygen atoms in total. The zero-order valence-corrected chi connectivity index (χ0v) is 18.0. The predicted molar refractivity (Wildman–Crippen MR) is 116 cm³/mol. The van der Waals surface area contributed by atoms with Gasteiger partial charge in [0.05, 0.1) is 27.9 Å². The Bertz CT molecular complexity index is 530. The summed E-state index contributed by atoms with van der Waals surface area (Å²) >= 11 is 12.1. The molecule has 0 aliphatic carbocycles. The maximum absolute atomic E-state index is 12.1. The van der Waals surface area contributed by atoms with Crippen molar-refractivity contribution in [3.63, 3.8) is 0 Å². The first-order valence-corrected chi connectivity index (χ1v) is 11.0. The molecule has 27 heavy (non-hydrogen) atoms. The number of hydrazine groups is 1. The molecule has 1 aromatic carbocycles. The van der Waals surface area contributed by atoms with Crippen LogP contribution in [0.15, 0.2) is 12.1 Å². The van der Waals surface area contributed by atoms with Crippen LogP contribution < -0.4 is 11.3 Å². The second kappa shape index (κ2) is 15.0. The van der Waals surface area contributed by atoms with Gasteiger partial charge >= 0.3 is 5.97 Å². The highest BCUT2D eigenvalue weighted by Gasteiger charge is 2.13. The minimum atomic E-state index is -0.412. The standard InChI is InChI=1S/C21H34Cl2N2O2/c1-2-3-4-5-6-7-8-9-10-11-12-13-14-27-21(26)17-15-18(22)20(25-24)19(23)16-17/h15-16,25H,2-14,24H2,1H3. The number of esters is 1. The Balaban J connectivity index is 2.04. The molecular weight excluding hydrogens is 383 g/mol. The maximum Gasteiger partial charge on any atom is 0.338 e. The number of rotatable bonds is 15. The molecule has 154 valence electrons. The average Bonchev–Trinajstić information content (AvgIpc) is 2.65. The number of unbranched alkanes of at least 4 members (excludes halogenated alkanes) is 11. The van der Waals surface area contributed by atoms with Gasteiger partial charge in [0.15, 0.2) is 0 Å². The lowest BCUT2D eigenvalue weighted by atomic mass is 10.1. The molecule has 1 aromatic rings. The summed E-state index contributed by atoms with van der Waals surface area (Å²) in [6.07, 6.45) is 15.3. The van der Waals surface area contributed by atoms with Gasteiger partial charge < -0.3 is 10.2 Å². The van der Waals surface area contributed by atoms with E-state index in [-0.39, 0.29) is 0 Å². The molecule has 0 spiro atoms. The summed E-state index contributed by atoms with van der Waals surface area (Å²) in [5.41, 5.74) is 3.14. The van der Waals surface area contributed by atoms with Crippen LogP contribution in [-0.4, -0.2) is 12.6 Å². The Morgan fingerprint density at radius 1 is 0.889 bits per heavy atom. The molecule has 0 amide bonds. The highest BCUT2D eigenvalue weighted by Crippen LogP contribution is 2.31. The smallest absolute Gasteiger partial charge is 0.338 e. The summed E-state index contributed by atoms with van der Waals surface area (Å²) in [6, 6.07) is 3.01. The minimum Gasteiger partial charge on any atom is -0.462 e. The van der Waals surface area contributed by atoms with Gasteiger partial charge in [0.25, 0.3) is 0 Å². The number of nitrogen functional groups attached to an aromatic ring is 1. The number of halogens is 2. The topological polar surface area (TPSA) is 64.3 Å². The molecule has 3 N–H and O–H groups in total. The zero-order chi connectivity index (χ0) is 19.9. The first kappa shape index (κ1) is 24.1. The highest BCUT2D eigenvalue weighted by atomic mass is 35.5. The second-order valence-electron chi connectivity index (χ2n) is 6.98. The van der Waals surface area contributed by atoms with Crippen molar-refractivity contribution in [3.05, 3.63) is 27.7 Å². The molecule has 0 radical (unpaired) electrons. The van der Waals surface area contributed by atoms with E-state index in [1.165, 1.54) is 76.3 Å². The molecule has 0 aliphatic heterocycles. The van der Waals surface area contributed by atoms with E-state index in [0.29, 0.717) is 27.9 Å². The third-order valence-corrected chi connectivity index (χ3v) is 5.25. The molecule has 0 fully saturated rings. The van der Waals surface area contributed by atoms with Gasteiger partial charge in [-0.05, 0) is 18.6 Å². The van der Waals surface area contributed by atoms with E-state index in [9.17, 15) is 4.79 Å². The van der Waals surface area contributed by atoms with Crippen LogP contribution in [0.5, 0.6) is 0 Å². The molecule has 0 saturated carbocycles. The molecule has 1 rings (SSSR count). The molecule has 0 bridgehead atoms. The Morgan fingerprint density at radius 3 is 1.78 bits per heavy atom. The number of ether oxygens (including phenoxy) is 1. The van der Waals surface area contributed by atoms with E-state index in [2.05, 4.69) is 12.3 Å². The number of carbonyl (C=O) groups excluding carboxylic acids is 1. The van der Waals surface area contributed by atoms with E-state index in [1.807, 2.05) is 0 Å². The second-order valence-corrected chi connectivity index (χ2v) is 7.80. The highest BCUT2D eigenvalue weighted by molar-refractivity contribution is 6.39. The summed E-state index contributed by atoms with van der Waals surface area (Å²) in [7, 11) is 0. The number of hydrogen-bond acceptors (Lipinski definition) is 4. The van der Waals surface area contributed by atoms with Crippen LogP contribution in [0.3, 0.4) is 0 Å². The third kappa shape index (κ3) is 10.2. The monoisotopic (exact) mass is 416 g/mol. The lowest BCUT2D eigenvalue weighted by Gasteiger charge is -2.09. The van der Waals surface area contributed by atoms with Gasteiger partial charge in [0.1, 0.15) is 0 Å². The fraction of sp³-hybridized carbons (Fsp3) is 0.667. The van der Waals surface area contributed by atoms with Crippen LogP contribution in [0, 0.1) is 0 Å². The fourth-order valence-electron chi connectivity index (χ4n) is 3.02. The number of hydrogen-bond donors (Lipinski definition) is 2. The van der Waals surface area contributed by atoms with Crippen molar-refractivity contribution in [1.29, 1.82) is 0 Å². The average molecular weight is 417 g/mol. The van der Waals surface area contributed by atoms with E-state index in [0.717, 1.165) is 12.8 Å². The molecule has 0 aliphatic rings. The van der Waals surface area contributed by atoms with Crippen molar-refractivity contribution in [2.45, 2.75) is 84.0 Å². The van der Waals surface area contributed by atoms with Gasteiger partial charge in [-0.2, -0.15) is 0 Å². The van der Waals surface area contributed by atoms with Gasteiger partial charge in [-0.15, -0.1) is 0 Å². The Kier molecular flexibility index (Phi) is 13.4. The summed E-state index contributed by atoms with van der Waals surface area (Å²) in [5, 5.41) is 0.588. The number of benzene rings is 1. The first-order chi connectivity index (χ1) is 13.1. The Labute approximate surface area is 174 Å². The maximum atomic E-state index is 12.1. The van der Waals surface area contributed by atoms with Crippen molar-refractivity contribution in [2.75, 3.05) is 12.0 Å². The molecule has 0 unspecified atom stereocenters. The molecule has 0 saturated heterocycles. The largest absolute Gasteiger partial charge is 0.462 e. The van der Waals surface area contributed by atoms with Crippen LogP contribution in [0.4, 0.5) is 5.69 Å². The van der Waals surface area contributed by atoms with Gasteiger partial charge in [-0.25, -0.2) is 4.79 Å². The van der Waals surface area contributed by atoms with Crippen molar-refractivity contribution >= 4 is 34.9 Å². The van der Waals surface area contributed by atoms with Crippen molar-refractivity contribution in [3.8, 4) is 0 Å². The summed E-state index contributed by atoms with van der Waals surface area (Å²) in [4.78, 5) is 12.1. The van der Waals surface area contributed by atoms with Crippen LogP contribution in [0.2, 0.25) is 10.0 Å². The van der Waals surface area contributed by atoms with Crippen LogP contribution in [0.1, 0.15) is 94.3 Å². The number of anilines is 1. The first-order valence-electron chi connectivity index (χ1n) is 10.2. The van der Waals surface area contributed by atoms with Crippen LogP contribution in [-0.2, 0) is 4.74 Å². The van der Waals surface area contributed by atoms with Gasteiger partial charge in [0, 0.05) is 0 Å². The number of carbonyl (C=O) groups is 1. The van der Waals surface area contributed by atoms with Crippen molar-refractivity contribution in [1.82, 2.24) is 0 Å².